The summed E-state index contributed by atoms with van der Waals surface area (Å²) in [6.07, 6.45) is 0. The minimum absolute atomic E-state index is 0.0226. The van der Waals surface area contributed by atoms with Crippen LogP contribution in [0.2, 0.25) is 5.02 Å². The van der Waals surface area contributed by atoms with E-state index in [-0.39, 0.29) is 5.91 Å². The molecule has 0 spiro atoms. The van der Waals surface area contributed by atoms with Gasteiger partial charge in [0, 0.05) is 43.9 Å². The fourth-order valence-corrected chi connectivity index (χ4v) is 4.52. The summed E-state index contributed by atoms with van der Waals surface area (Å²) in [6.45, 7) is 2.96. The van der Waals surface area contributed by atoms with Crippen molar-refractivity contribution in [3.63, 3.8) is 0 Å². The van der Waals surface area contributed by atoms with E-state index in [1.165, 1.54) is 17.4 Å². The molecule has 0 radical (unpaired) electrons. The first-order chi connectivity index (χ1) is 15.0. The second-order valence-corrected chi connectivity index (χ2v) is 8.64. The van der Waals surface area contributed by atoms with Gasteiger partial charge < -0.3 is 9.64 Å². The summed E-state index contributed by atoms with van der Waals surface area (Å²) in [4.78, 5) is 17.3. The van der Waals surface area contributed by atoms with Crippen LogP contribution >= 0.6 is 22.9 Å². The van der Waals surface area contributed by atoms with Gasteiger partial charge in [0.1, 0.15) is 12.4 Å². The summed E-state index contributed by atoms with van der Waals surface area (Å²) in [7, 11) is 0. The normalized spacial score (nSPS) is 14.6. The van der Waals surface area contributed by atoms with Gasteiger partial charge in [-0.1, -0.05) is 35.9 Å². The molecule has 3 aromatic rings. The number of halogens is 3. The molecule has 0 saturated carbocycles. The lowest BCUT2D eigenvalue weighted by atomic mass is 10.1. The highest BCUT2D eigenvalue weighted by molar-refractivity contribution is 7.12. The number of hydrogen-bond donors (Lipinski definition) is 0. The van der Waals surface area contributed by atoms with Crippen LogP contribution in [0.4, 0.5) is 8.78 Å². The Labute approximate surface area is 188 Å². The average Bonchev–Trinajstić information content (AvgIpc) is 3.25. The van der Waals surface area contributed by atoms with Gasteiger partial charge in [-0.15, -0.1) is 11.3 Å². The molecule has 31 heavy (non-hydrogen) atoms. The fraction of sp³-hybridized carbons (Fsp3) is 0.261. The molecule has 162 valence electrons. The number of hydrogen-bond acceptors (Lipinski definition) is 4. The molecule has 1 aliphatic rings. The summed E-state index contributed by atoms with van der Waals surface area (Å²) in [5.41, 5.74) is 1.25. The Balaban J connectivity index is 1.30. The van der Waals surface area contributed by atoms with Crippen molar-refractivity contribution in [2.45, 2.75) is 13.2 Å². The third kappa shape index (κ3) is 5.23. The number of carbonyl (C=O) groups excluding carboxylic acids is 1. The number of benzene rings is 2. The van der Waals surface area contributed by atoms with Crippen LogP contribution in [0.15, 0.2) is 53.9 Å². The van der Waals surface area contributed by atoms with Crippen molar-refractivity contribution in [2.75, 3.05) is 26.2 Å². The van der Waals surface area contributed by atoms with Crippen molar-refractivity contribution in [1.82, 2.24) is 9.80 Å². The summed E-state index contributed by atoms with van der Waals surface area (Å²) in [5, 5.41) is 2.46. The van der Waals surface area contributed by atoms with Crippen LogP contribution < -0.4 is 4.74 Å². The Bertz CT molecular complexity index is 1070. The van der Waals surface area contributed by atoms with Gasteiger partial charge in [0.15, 0.2) is 11.6 Å². The molecule has 1 aromatic heterocycles. The Kier molecular flexibility index (Phi) is 6.85. The van der Waals surface area contributed by atoms with E-state index in [1.54, 1.807) is 23.1 Å². The molecule has 1 amide bonds. The van der Waals surface area contributed by atoms with Crippen molar-refractivity contribution in [3.05, 3.63) is 86.6 Å². The highest BCUT2D eigenvalue weighted by atomic mass is 35.5. The quantitative estimate of drug-likeness (QED) is 0.503. The van der Waals surface area contributed by atoms with E-state index >= 15 is 0 Å². The van der Waals surface area contributed by atoms with Crippen molar-refractivity contribution in [3.8, 4) is 5.75 Å². The van der Waals surface area contributed by atoms with E-state index in [9.17, 15) is 13.6 Å². The molecule has 0 aliphatic carbocycles. The molecule has 0 atom stereocenters. The van der Waals surface area contributed by atoms with Gasteiger partial charge >= 0.3 is 0 Å². The van der Waals surface area contributed by atoms with Gasteiger partial charge in [-0.05, 0) is 29.6 Å². The number of amides is 1. The number of thiophene rings is 1. The Hall–Kier alpha value is -2.48. The molecule has 1 aliphatic heterocycles. The first-order valence-electron chi connectivity index (χ1n) is 9.90. The lowest BCUT2D eigenvalue weighted by molar-refractivity contribution is 0.0631. The highest BCUT2D eigenvalue weighted by Crippen LogP contribution is 2.25. The van der Waals surface area contributed by atoms with E-state index in [4.69, 9.17) is 16.3 Å². The first kappa shape index (κ1) is 21.7. The maximum absolute atomic E-state index is 13.9. The zero-order valence-electron chi connectivity index (χ0n) is 16.7. The molecule has 1 fully saturated rings. The molecule has 0 unspecified atom stereocenters. The highest BCUT2D eigenvalue weighted by Gasteiger charge is 2.24. The minimum atomic E-state index is -0.835. The standard InChI is InChI=1S/C23H21ClF2N2O2S/c24-18-5-1-2-7-20(18)30-14-16-12-21(31-15-16)23(29)28-10-8-27(9-11-28)13-17-4-3-6-19(25)22(17)26/h1-7,12,15H,8-11,13-14H2. The van der Waals surface area contributed by atoms with Crippen LogP contribution in [-0.4, -0.2) is 41.9 Å². The first-order valence-corrected chi connectivity index (χ1v) is 11.2. The van der Waals surface area contributed by atoms with Crippen molar-refractivity contribution in [1.29, 1.82) is 0 Å². The molecule has 2 heterocycles. The third-order valence-electron chi connectivity index (χ3n) is 5.18. The largest absolute Gasteiger partial charge is 0.487 e. The zero-order chi connectivity index (χ0) is 21.8. The monoisotopic (exact) mass is 462 g/mol. The van der Waals surface area contributed by atoms with Gasteiger partial charge in [-0.25, -0.2) is 8.78 Å². The van der Waals surface area contributed by atoms with Gasteiger partial charge in [0.05, 0.1) is 9.90 Å². The second-order valence-electron chi connectivity index (χ2n) is 7.32. The maximum atomic E-state index is 13.9. The molecule has 0 N–H and O–H groups in total. The van der Waals surface area contributed by atoms with Crippen LogP contribution in [0.3, 0.4) is 0 Å². The van der Waals surface area contributed by atoms with Gasteiger partial charge in [0.25, 0.3) is 5.91 Å². The van der Waals surface area contributed by atoms with Crippen LogP contribution in [-0.2, 0) is 13.2 Å². The van der Waals surface area contributed by atoms with Crippen LogP contribution in [0.5, 0.6) is 5.75 Å². The molecule has 8 heteroatoms. The van der Waals surface area contributed by atoms with Crippen LogP contribution in [0, 0.1) is 11.6 Å². The summed E-state index contributed by atoms with van der Waals surface area (Å²) >= 11 is 7.49. The molecule has 1 saturated heterocycles. The van der Waals surface area contributed by atoms with Crippen molar-refractivity contribution < 1.29 is 18.3 Å². The smallest absolute Gasteiger partial charge is 0.264 e. The molecule has 4 rings (SSSR count). The third-order valence-corrected chi connectivity index (χ3v) is 6.46. The van der Waals surface area contributed by atoms with Gasteiger partial charge in [-0.2, -0.15) is 0 Å². The van der Waals surface area contributed by atoms with Crippen LogP contribution in [0.1, 0.15) is 20.8 Å². The topological polar surface area (TPSA) is 32.8 Å². The Morgan fingerprint density at radius 3 is 2.61 bits per heavy atom. The van der Waals surface area contributed by atoms with E-state index in [2.05, 4.69) is 0 Å². The predicted octanol–water partition coefficient (Wildman–Crippen LogP) is 5.22. The number of piperazine rings is 1. The number of para-hydroxylation sites is 1. The molecule has 4 nitrogen and oxygen atoms in total. The van der Waals surface area contributed by atoms with E-state index in [0.717, 1.165) is 11.6 Å². The fourth-order valence-electron chi connectivity index (χ4n) is 3.46. The molecular weight excluding hydrogens is 442 g/mol. The predicted molar refractivity (Wildman–Crippen MR) is 118 cm³/mol. The summed E-state index contributed by atoms with van der Waals surface area (Å²) < 4.78 is 33.0. The van der Waals surface area contributed by atoms with Crippen LogP contribution in [0.25, 0.3) is 0 Å². The minimum Gasteiger partial charge on any atom is -0.487 e. The van der Waals surface area contributed by atoms with Crippen molar-refractivity contribution in [2.24, 2.45) is 0 Å². The Morgan fingerprint density at radius 1 is 1.06 bits per heavy atom. The zero-order valence-corrected chi connectivity index (χ0v) is 18.3. The average molecular weight is 463 g/mol. The Morgan fingerprint density at radius 2 is 1.84 bits per heavy atom. The second kappa shape index (κ2) is 9.77. The number of rotatable bonds is 6. The molecule has 0 bridgehead atoms. The summed E-state index contributed by atoms with van der Waals surface area (Å²) in [6, 6.07) is 13.3. The van der Waals surface area contributed by atoms with Crippen molar-refractivity contribution >= 4 is 28.8 Å². The maximum Gasteiger partial charge on any atom is 0.264 e. The van der Waals surface area contributed by atoms with Gasteiger partial charge in [0.2, 0.25) is 0 Å². The van der Waals surface area contributed by atoms with E-state index < -0.39 is 11.6 Å². The lowest BCUT2D eigenvalue weighted by Crippen LogP contribution is -2.48. The SMILES string of the molecule is O=C(c1cc(COc2ccccc2Cl)cs1)N1CCN(Cc2cccc(F)c2F)CC1. The molecule has 2 aromatic carbocycles. The number of carbonyl (C=O) groups is 1. The van der Waals surface area contributed by atoms with E-state index in [1.807, 2.05) is 28.5 Å². The number of ether oxygens (including phenoxy) is 1. The molecular formula is C23H21ClF2N2O2S. The van der Waals surface area contributed by atoms with Gasteiger partial charge in [-0.3, -0.25) is 9.69 Å². The summed E-state index contributed by atoms with van der Waals surface area (Å²) in [5.74, 6) is -1.05. The number of nitrogens with zero attached hydrogens (tertiary/aromatic N) is 2. The van der Waals surface area contributed by atoms with E-state index in [0.29, 0.717) is 60.5 Å². The lowest BCUT2D eigenvalue weighted by Gasteiger charge is -2.34.